The second kappa shape index (κ2) is 5.81. The summed E-state index contributed by atoms with van der Waals surface area (Å²) in [5, 5.41) is 0. The predicted molar refractivity (Wildman–Crippen MR) is 57.6 cm³/mol. The van der Waals surface area contributed by atoms with Crippen molar-refractivity contribution >= 4 is 21.9 Å². The number of carbonyl (C=O) groups is 1. The Morgan fingerprint density at radius 3 is 2.47 bits per heavy atom. The summed E-state index contributed by atoms with van der Waals surface area (Å²) in [6.07, 6.45) is -8.62. The van der Waals surface area contributed by atoms with Gasteiger partial charge in [-0.3, -0.25) is 4.79 Å². The van der Waals surface area contributed by atoms with Gasteiger partial charge in [-0.2, -0.15) is 13.2 Å². The summed E-state index contributed by atoms with van der Waals surface area (Å²) in [4.78, 5) is 14.1. The third-order valence-corrected chi connectivity index (χ3v) is 2.74. The number of hydrogen-bond acceptors (Lipinski definition) is 3. The van der Waals surface area contributed by atoms with E-state index in [0.29, 0.717) is 6.07 Å². The van der Waals surface area contributed by atoms with E-state index in [9.17, 15) is 26.7 Å². The zero-order valence-corrected chi connectivity index (χ0v) is 11.0. The van der Waals surface area contributed by atoms with Gasteiger partial charge in [-0.15, -0.1) is 0 Å². The van der Waals surface area contributed by atoms with Crippen LogP contribution in [0.3, 0.4) is 0 Å². The summed E-state index contributed by atoms with van der Waals surface area (Å²) < 4.78 is 66.8. The number of rotatable bonds is 3. The molecule has 0 saturated carbocycles. The molecule has 0 aromatic carbocycles. The molecule has 0 bridgehead atoms. The van der Waals surface area contributed by atoms with E-state index in [0.717, 1.165) is 7.11 Å². The SMILES string of the molecule is COC(=O)Cc1nc(C(F)(F)F)c(Br)cc1C(F)F. The largest absolute Gasteiger partial charge is 0.469 e. The van der Waals surface area contributed by atoms with E-state index in [-0.39, 0.29) is 0 Å². The lowest BCUT2D eigenvalue weighted by Crippen LogP contribution is -2.15. The molecule has 3 nitrogen and oxygen atoms in total. The first-order valence-electron chi connectivity index (χ1n) is 4.78. The van der Waals surface area contributed by atoms with E-state index in [2.05, 4.69) is 25.7 Å². The van der Waals surface area contributed by atoms with E-state index < -0.39 is 46.4 Å². The highest BCUT2D eigenvalue weighted by atomic mass is 79.9. The van der Waals surface area contributed by atoms with Crippen molar-refractivity contribution in [2.45, 2.75) is 19.0 Å². The van der Waals surface area contributed by atoms with Gasteiger partial charge in [0, 0.05) is 10.0 Å². The second-order valence-corrected chi connectivity index (χ2v) is 4.26. The van der Waals surface area contributed by atoms with Crippen LogP contribution < -0.4 is 0 Å². The van der Waals surface area contributed by atoms with Crippen LogP contribution in [0.1, 0.15) is 23.4 Å². The Morgan fingerprint density at radius 1 is 1.47 bits per heavy atom. The van der Waals surface area contributed by atoms with Crippen molar-refractivity contribution in [2.24, 2.45) is 0 Å². The fraction of sp³-hybridized carbons (Fsp3) is 0.400. The number of hydrogen-bond donors (Lipinski definition) is 0. The van der Waals surface area contributed by atoms with Crippen LogP contribution in [0.15, 0.2) is 10.5 Å². The van der Waals surface area contributed by atoms with E-state index in [1.54, 1.807) is 0 Å². The maximum Gasteiger partial charge on any atom is 0.434 e. The summed E-state index contributed by atoms with van der Waals surface area (Å²) in [6, 6.07) is 0.610. The average molecular weight is 348 g/mol. The first-order valence-corrected chi connectivity index (χ1v) is 5.57. The molecule has 106 valence electrons. The van der Waals surface area contributed by atoms with Gasteiger partial charge in [-0.05, 0) is 22.0 Å². The Bertz CT molecular complexity index is 490. The van der Waals surface area contributed by atoms with Crippen molar-refractivity contribution < 1.29 is 31.5 Å². The molecular formula is C10H7BrF5NO2. The number of alkyl halides is 5. The Labute approximate surface area is 112 Å². The van der Waals surface area contributed by atoms with Gasteiger partial charge in [-0.1, -0.05) is 0 Å². The van der Waals surface area contributed by atoms with Gasteiger partial charge in [0.2, 0.25) is 0 Å². The Hall–Kier alpha value is -1.25. The monoisotopic (exact) mass is 347 g/mol. The number of aromatic nitrogens is 1. The molecule has 0 radical (unpaired) electrons. The molecule has 0 unspecified atom stereocenters. The van der Waals surface area contributed by atoms with E-state index >= 15 is 0 Å². The van der Waals surface area contributed by atoms with Gasteiger partial charge in [0.25, 0.3) is 6.43 Å². The lowest BCUT2D eigenvalue weighted by Gasteiger charge is -2.13. The maximum atomic E-state index is 12.7. The van der Waals surface area contributed by atoms with Crippen molar-refractivity contribution in [2.75, 3.05) is 7.11 Å². The zero-order valence-electron chi connectivity index (χ0n) is 9.39. The molecule has 0 atom stereocenters. The van der Waals surface area contributed by atoms with E-state index in [4.69, 9.17) is 0 Å². The highest BCUT2D eigenvalue weighted by Crippen LogP contribution is 2.36. The summed E-state index contributed by atoms with van der Waals surface area (Å²) in [6.45, 7) is 0. The minimum Gasteiger partial charge on any atom is -0.469 e. The third-order valence-electron chi connectivity index (χ3n) is 2.13. The molecule has 1 aromatic heterocycles. The fourth-order valence-electron chi connectivity index (χ4n) is 1.28. The molecule has 0 N–H and O–H groups in total. The molecule has 0 fully saturated rings. The molecule has 1 aromatic rings. The van der Waals surface area contributed by atoms with Crippen molar-refractivity contribution in [3.8, 4) is 0 Å². The molecule has 9 heteroatoms. The molecule has 0 saturated heterocycles. The van der Waals surface area contributed by atoms with Crippen LogP contribution in [0.5, 0.6) is 0 Å². The maximum absolute atomic E-state index is 12.7. The molecule has 1 rings (SSSR count). The molecule has 1 heterocycles. The molecule has 19 heavy (non-hydrogen) atoms. The highest BCUT2D eigenvalue weighted by molar-refractivity contribution is 9.10. The average Bonchev–Trinajstić information content (AvgIpc) is 2.28. The van der Waals surface area contributed by atoms with Crippen LogP contribution in [0.2, 0.25) is 0 Å². The summed E-state index contributed by atoms with van der Waals surface area (Å²) in [7, 11) is 0.994. The number of esters is 1. The number of nitrogens with zero attached hydrogens (tertiary/aromatic N) is 1. The topological polar surface area (TPSA) is 39.2 Å². The van der Waals surface area contributed by atoms with Crippen LogP contribution in [-0.2, 0) is 22.1 Å². The number of ether oxygens (including phenoxy) is 1. The van der Waals surface area contributed by atoms with Crippen molar-refractivity contribution in [3.63, 3.8) is 0 Å². The Balaban J connectivity index is 3.35. The number of halogens is 6. The molecule has 0 amide bonds. The quantitative estimate of drug-likeness (QED) is 0.620. The molecular weight excluding hydrogens is 341 g/mol. The van der Waals surface area contributed by atoms with Crippen LogP contribution >= 0.6 is 15.9 Å². The normalized spacial score (nSPS) is 11.8. The van der Waals surface area contributed by atoms with Crippen LogP contribution in [-0.4, -0.2) is 18.1 Å². The van der Waals surface area contributed by atoms with Crippen LogP contribution in [0, 0.1) is 0 Å². The smallest absolute Gasteiger partial charge is 0.434 e. The van der Waals surface area contributed by atoms with Gasteiger partial charge in [-0.25, -0.2) is 13.8 Å². The number of pyridine rings is 1. The molecule has 0 aliphatic rings. The minimum absolute atomic E-state index is 0.607. The van der Waals surface area contributed by atoms with Gasteiger partial charge in [0.15, 0.2) is 5.69 Å². The van der Waals surface area contributed by atoms with Gasteiger partial charge in [0.05, 0.1) is 19.2 Å². The van der Waals surface area contributed by atoms with Gasteiger partial charge < -0.3 is 4.74 Å². The number of carbonyl (C=O) groups excluding carboxylic acids is 1. The fourth-order valence-corrected chi connectivity index (χ4v) is 1.84. The third kappa shape index (κ3) is 3.85. The summed E-state index contributed by atoms with van der Waals surface area (Å²) >= 11 is 2.54. The second-order valence-electron chi connectivity index (χ2n) is 3.41. The minimum atomic E-state index is -4.82. The van der Waals surface area contributed by atoms with E-state index in [1.165, 1.54) is 0 Å². The lowest BCUT2D eigenvalue weighted by molar-refractivity contribution is -0.143. The Kier molecular flexibility index (Phi) is 4.83. The molecule has 0 spiro atoms. The standard InChI is InChI=1S/C10H7BrF5NO2/c1-19-7(18)3-6-4(9(12)13)2-5(11)8(17-6)10(14,15)16/h2,9H,3H2,1H3. The first kappa shape index (κ1) is 15.8. The van der Waals surface area contributed by atoms with Gasteiger partial charge in [0.1, 0.15) is 0 Å². The van der Waals surface area contributed by atoms with Crippen LogP contribution in [0.4, 0.5) is 22.0 Å². The lowest BCUT2D eigenvalue weighted by atomic mass is 10.1. The van der Waals surface area contributed by atoms with Crippen LogP contribution in [0.25, 0.3) is 0 Å². The summed E-state index contributed by atoms with van der Waals surface area (Å²) in [5.74, 6) is -0.954. The van der Waals surface area contributed by atoms with Crippen molar-refractivity contribution in [3.05, 3.63) is 27.5 Å². The number of methoxy groups -OCH3 is 1. The molecule has 0 aliphatic carbocycles. The van der Waals surface area contributed by atoms with Gasteiger partial charge >= 0.3 is 12.1 Å². The summed E-state index contributed by atoms with van der Waals surface area (Å²) in [5.41, 5.74) is -2.77. The van der Waals surface area contributed by atoms with E-state index in [1.807, 2.05) is 0 Å². The zero-order chi connectivity index (χ0) is 14.8. The molecule has 0 aliphatic heterocycles. The highest BCUT2D eigenvalue weighted by Gasteiger charge is 2.36. The first-order chi connectivity index (χ1) is 8.66. The Morgan fingerprint density at radius 2 is 2.05 bits per heavy atom. The predicted octanol–water partition coefficient (Wildman–Crippen LogP) is 3.52. The van der Waals surface area contributed by atoms with Crippen molar-refractivity contribution in [1.29, 1.82) is 0 Å². The van der Waals surface area contributed by atoms with Crippen molar-refractivity contribution in [1.82, 2.24) is 4.98 Å².